The van der Waals surface area contributed by atoms with Crippen LogP contribution in [0.3, 0.4) is 0 Å². The minimum Gasteiger partial charge on any atom is -0.368 e. The first kappa shape index (κ1) is 24.0. The first-order valence-electron chi connectivity index (χ1n) is 8.49. The number of nitrogen functional groups attached to an aromatic ring is 1. The minimum atomic E-state index is -4.93. The van der Waals surface area contributed by atoms with E-state index in [9.17, 15) is 30.9 Å². The summed E-state index contributed by atoms with van der Waals surface area (Å²) in [5.41, 5.74) is 4.99. The Labute approximate surface area is 175 Å². The number of hydrogen-bond donors (Lipinski definition) is 1. The summed E-state index contributed by atoms with van der Waals surface area (Å²) in [5, 5.41) is -0.00221. The van der Waals surface area contributed by atoms with Gasteiger partial charge in [-0.15, -0.1) is 0 Å². The lowest BCUT2D eigenvalue weighted by atomic mass is 10.3. The number of anilines is 1. The van der Waals surface area contributed by atoms with Crippen LogP contribution >= 0.6 is 19.2 Å². The predicted octanol–water partition coefficient (Wildman–Crippen LogP) is 3.92. The molecule has 3 rings (SSSR count). The molecule has 2 N–H and O–H groups in total. The Balaban J connectivity index is 1.71. The molecule has 0 amide bonds. The van der Waals surface area contributed by atoms with Gasteiger partial charge in [-0.2, -0.15) is 36.3 Å². The third kappa shape index (κ3) is 6.65. The molecule has 0 bridgehead atoms. The van der Waals surface area contributed by atoms with Crippen LogP contribution in [-0.2, 0) is 24.9 Å². The molecule has 0 aliphatic heterocycles. The lowest BCUT2D eigenvalue weighted by Crippen LogP contribution is -2.25. The molecule has 2 aromatic heterocycles. The summed E-state index contributed by atoms with van der Waals surface area (Å²) in [6.45, 7) is -4.08. The molecule has 2 aromatic rings. The number of nitrogens with zero attached hydrogens (tertiary/aromatic N) is 4. The zero-order valence-electron chi connectivity index (χ0n) is 15.4. The lowest BCUT2D eigenvalue weighted by molar-refractivity contribution is -0.166. The van der Waals surface area contributed by atoms with E-state index in [4.69, 9.17) is 22.1 Å². The van der Waals surface area contributed by atoms with E-state index in [1.54, 1.807) is 0 Å². The third-order valence-corrected chi connectivity index (χ3v) is 5.84. The second-order valence-electron chi connectivity index (χ2n) is 6.76. The SMILES string of the molecule is Nc1nc(Cl)c2ncn(CC3(OCP(=O)(OCC(F)(F)F)OCC(F)(F)F)CC3)c2n1. The van der Waals surface area contributed by atoms with Crippen LogP contribution in [0, 0.1) is 0 Å². The Hall–Kier alpha value is -1.67. The fourth-order valence-electron chi connectivity index (χ4n) is 2.51. The molecule has 0 unspecified atom stereocenters. The van der Waals surface area contributed by atoms with E-state index in [2.05, 4.69) is 24.0 Å². The Morgan fingerprint density at radius 1 is 1.13 bits per heavy atom. The summed E-state index contributed by atoms with van der Waals surface area (Å²) in [6, 6.07) is 0. The van der Waals surface area contributed by atoms with E-state index in [1.165, 1.54) is 10.9 Å². The third-order valence-electron chi connectivity index (χ3n) is 4.08. The van der Waals surface area contributed by atoms with Crippen LogP contribution in [-0.4, -0.2) is 57.0 Å². The fraction of sp³-hybridized carbons (Fsp3) is 0.643. The normalized spacial score (nSPS) is 16.7. The maximum Gasteiger partial charge on any atom is 0.412 e. The Bertz CT molecular complexity index is 974. The number of imidazole rings is 1. The van der Waals surface area contributed by atoms with Crippen molar-refractivity contribution in [1.82, 2.24) is 19.5 Å². The van der Waals surface area contributed by atoms with Crippen molar-refractivity contribution in [2.45, 2.75) is 37.3 Å². The smallest absolute Gasteiger partial charge is 0.368 e. The van der Waals surface area contributed by atoms with Gasteiger partial charge in [0, 0.05) is 0 Å². The molecule has 1 aliphatic rings. The van der Waals surface area contributed by atoms with E-state index in [0.717, 1.165) is 0 Å². The summed E-state index contributed by atoms with van der Waals surface area (Å²) < 4.78 is 102. The topological polar surface area (TPSA) is 114 Å². The maximum atomic E-state index is 12.4. The highest BCUT2D eigenvalue weighted by atomic mass is 35.5. The van der Waals surface area contributed by atoms with Crippen LogP contribution in [0.2, 0.25) is 5.15 Å². The molecule has 31 heavy (non-hydrogen) atoms. The molecule has 1 aliphatic carbocycles. The summed E-state index contributed by atoms with van der Waals surface area (Å²) in [6.07, 6.45) is -8.87. The molecule has 1 saturated carbocycles. The Kier molecular flexibility index (Phi) is 6.46. The van der Waals surface area contributed by atoms with Gasteiger partial charge in [0.15, 0.2) is 24.0 Å². The Morgan fingerprint density at radius 3 is 2.23 bits per heavy atom. The number of rotatable bonds is 9. The number of alkyl halides is 6. The van der Waals surface area contributed by atoms with Gasteiger partial charge in [-0.3, -0.25) is 13.6 Å². The zero-order chi connectivity index (χ0) is 23.1. The highest BCUT2D eigenvalue weighted by molar-refractivity contribution is 7.53. The first-order valence-corrected chi connectivity index (χ1v) is 10.6. The molecule has 0 saturated heterocycles. The second-order valence-corrected chi connectivity index (χ2v) is 9.12. The van der Waals surface area contributed by atoms with Gasteiger partial charge < -0.3 is 15.0 Å². The molecule has 17 heteroatoms. The molecule has 2 heterocycles. The molecule has 0 aromatic carbocycles. The van der Waals surface area contributed by atoms with Gasteiger partial charge in [0.2, 0.25) is 5.95 Å². The standard InChI is InChI=1S/C14H15ClF6N5O4P/c15-9-8-10(25-11(22)24-9)26(6-23-8)3-12(1-2-12)28-7-31(27,29-4-13(16,17)18)30-5-14(19,20)21/h6H,1-5,7H2,(H2,22,24,25). The quantitative estimate of drug-likeness (QED) is 0.315. The molecule has 0 radical (unpaired) electrons. The molecular weight excluding hydrogens is 483 g/mol. The van der Waals surface area contributed by atoms with E-state index < -0.39 is 45.1 Å². The van der Waals surface area contributed by atoms with E-state index in [-0.39, 0.29) is 28.8 Å². The van der Waals surface area contributed by atoms with Crippen molar-refractivity contribution >= 4 is 36.3 Å². The van der Waals surface area contributed by atoms with Crippen molar-refractivity contribution < 1.29 is 44.7 Å². The second kappa shape index (κ2) is 8.35. The van der Waals surface area contributed by atoms with Crippen LogP contribution in [0.15, 0.2) is 6.33 Å². The predicted molar refractivity (Wildman–Crippen MR) is 94.3 cm³/mol. The average molecular weight is 498 g/mol. The van der Waals surface area contributed by atoms with Gasteiger partial charge in [-0.05, 0) is 12.8 Å². The van der Waals surface area contributed by atoms with E-state index in [1.807, 2.05) is 0 Å². The molecular formula is C14H15ClF6N5O4P. The number of aromatic nitrogens is 4. The van der Waals surface area contributed by atoms with Crippen LogP contribution in [0.5, 0.6) is 0 Å². The lowest BCUT2D eigenvalue weighted by Gasteiger charge is -2.23. The van der Waals surface area contributed by atoms with Crippen LogP contribution in [0.4, 0.5) is 32.3 Å². The Morgan fingerprint density at radius 2 is 1.71 bits per heavy atom. The van der Waals surface area contributed by atoms with Crippen molar-refractivity contribution in [1.29, 1.82) is 0 Å². The maximum absolute atomic E-state index is 12.4. The van der Waals surface area contributed by atoms with Crippen LogP contribution in [0.1, 0.15) is 12.8 Å². The van der Waals surface area contributed by atoms with Gasteiger partial charge in [0.1, 0.15) is 11.9 Å². The molecule has 174 valence electrons. The summed E-state index contributed by atoms with van der Waals surface area (Å²) in [7, 11) is -4.88. The highest BCUT2D eigenvalue weighted by Gasteiger charge is 2.48. The number of halogens is 7. The van der Waals surface area contributed by atoms with E-state index >= 15 is 0 Å². The summed E-state index contributed by atoms with van der Waals surface area (Å²) in [4.78, 5) is 11.8. The van der Waals surface area contributed by atoms with Gasteiger partial charge in [-0.25, -0.2) is 4.98 Å². The number of ether oxygens (including phenoxy) is 1. The monoisotopic (exact) mass is 497 g/mol. The molecule has 0 spiro atoms. The van der Waals surface area contributed by atoms with Gasteiger partial charge >= 0.3 is 19.9 Å². The van der Waals surface area contributed by atoms with Crippen molar-refractivity contribution in [3.8, 4) is 0 Å². The molecule has 0 atom stereocenters. The molecule has 9 nitrogen and oxygen atoms in total. The first-order chi connectivity index (χ1) is 14.2. The van der Waals surface area contributed by atoms with Crippen molar-refractivity contribution in [2.24, 2.45) is 0 Å². The van der Waals surface area contributed by atoms with Gasteiger partial charge in [0.05, 0.1) is 18.5 Å². The number of nitrogens with two attached hydrogens (primary N) is 1. The summed E-state index contributed by atoms with van der Waals surface area (Å²) in [5.74, 6) is -0.129. The van der Waals surface area contributed by atoms with E-state index in [0.29, 0.717) is 12.8 Å². The minimum absolute atomic E-state index is 0.00221. The van der Waals surface area contributed by atoms with Crippen molar-refractivity contribution in [2.75, 3.05) is 25.3 Å². The molecule has 1 fully saturated rings. The van der Waals surface area contributed by atoms with Gasteiger partial charge in [-0.1, -0.05) is 11.6 Å². The largest absolute Gasteiger partial charge is 0.412 e. The summed E-state index contributed by atoms with van der Waals surface area (Å²) >= 11 is 5.93. The fourth-order valence-corrected chi connectivity index (χ4v) is 4.07. The van der Waals surface area contributed by atoms with Crippen LogP contribution in [0.25, 0.3) is 11.2 Å². The van der Waals surface area contributed by atoms with Crippen molar-refractivity contribution in [3.05, 3.63) is 11.5 Å². The number of fused-ring (bicyclic) bond motifs is 1. The zero-order valence-corrected chi connectivity index (χ0v) is 17.1. The van der Waals surface area contributed by atoms with Crippen LogP contribution < -0.4 is 5.73 Å². The van der Waals surface area contributed by atoms with Gasteiger partial charge in [0.25, 0.3) is 0 Å². The average Bonchev–Trinajstić information content (AvgIpc) is 3.29. The number of hydrogen-bond acceptors (Lipinski definition) is 8. The van der Waals surface area contributed by atoms with Crippen molar-refractivity contribution in [3.63, 3.8) is 0 Å². The highest BCUT2D eigenvalue weighted by Crippen LogP contribution is 2.53.